The number of unbranched alkanes of at least 4 members (excludes halogenated alkanes) is 12. The summed E-state index contributed by atoms with van der Waals surface area (Å²) in [6, 6.07) is -1.57. The van der Waals surface area contributed by atoms with Crippen molar-refractivity contribution in [3.63, 3.8) is 0 Å². The average molecular weight is 888 g/mol. The molecule has 0 aromatic carbocycles. The topological polar surface area (TPSA) is 169 Å². The molecule has 0 bridgehead atoms. The first kappa shape index (κ1) is 58.4. The van der Waals surface area contributed by atoms with E-state index in [1.165, 1.54) is 44.9 Å². The number of carbonyl (C=O) groups is 3. The number of esters is 1. The van der Waals surface area contributed by atoms with E-state index in [0.29, 0.717) is 12.8 Å². The summed E-state index contributed by atoms with van der Waals surface area (Å²) in [6.07, 6.45) is 55.7. The third kappa shape index (κ3) is 43.1. The van der Waals surface area contributed by atoms with Gasteiger partial charge in [-0.1, -0.05) is 150 Å². The van der Waals surface area contributed by atoms with Gasteiger partial charge < -0.3 is 25.2 Å². The van der Waals surface area contributed by atoms with Crippen LogP contribution < -0.4 is 5.32 Å². The van der Waals surface area contributed by atoms with Gasteiger partial charge >= 0.3 is 19.8 Å². The lowest BCUT2D eigenvalue weighted by atomic mass is 10.1. The molecule has 0 saturated carbocycles. The maximum Gasteiger partial charge on any atom is 0.472 e. The highest BCUT2D eigenvalue weighted by Crippen LogP contribution is 2.43. The van der Waals surface area contributed by atoms with E-state index in [0.717, 1.165) is 83.5 Å². The molecule has 3 atom stereocenters. The van der Waals surface area contributed by atoms with Crippen molar-refractivity contribution in [2.24, 2.45) is 0 Å². The number of nitrogens with one attached hydrogen (secondary N) is 1. The highest BCUT2D eigenvalue weighted by atomic mass is 31.2. The van der Waals surface area contributed by atoms with Gasteiger partial charge in [0.1, 0.15) is 12.7 Å². The van der Waals surface area contributed by atoms with Crippen LogP contribution in [0.25, 0.3) is 0 Å². The lowest BCUT2D eigenvalue weighted by molar-refractivity contribution is -0.147. The molecule has 0 aliphatic heterocycles. The number of phosphoric ester groups is 1. The van der Waals surface area contributed by atoms with Crippen LogP contribution in [0.1, 0.15) is 168 Å². The lowest BCUT2D eigenvalue weighted by Gasteiger charge is -2.18. The molecule has 0 radical (unpaired) electrons. The quantitative estimate of drug-likeness (QED) is 0.0200. The molecule has 0 spiro atoms. The molecule has 3 unspecified atom stereocenters. The van der Waals surface area contributed by atoms with Crippen molar-refractivity contribution in [1.82, 2.24) is 5.32 Å². The zero-order valence-electron chi connectivity index (χ0n) is 38.1. The minimum Gasteiger partial charge on any atom is -0.480 e. The summed E-state index contributed by atoms with van der Waals surface area (Å²) >= 11 is 0. The van der Waals surface area contributed by atoms with E-state index in [1.54, 1.807) is 0 Å². The van der Waals surface area contributed by atoms with E-state index in [1.807, 2.05) is 0 Å². The predicted molar refractivity (Wildman–Crippen MR) is 254 cm³/mol. The Morgan fingerprint density at radius 3 is 1.29 bits per heavy atom. The number of ether oxygens (including phenoxy) is 1. The number of aliphatic carboxylic acids is 1. The molecule has 0 aromatic heterocycles. The molecule has 4 N–H and O–H groups in total. The third-order valence-electron chi connectivity index (χ3n) is 9.35. The molecule has 0 saturated heterocycles. The number of carboxylic acid groups (broad SMARTS) is 1. The smallest absolute Gasteiger partial charge is 0.472 e. The first-order chi connectivity index (χ1) is 30.1. The van der Waals surface area contributed by atoms with Gasteiger partial charge in [0.2, 0.25) is 5.91 Å². The Labute approximate surface area is 374 Å². The number of carboxylic acids is 1. The van der Waals surface area contributed by atoms with Crippen molar-refractivity contribution >= 4 is 25.7 Å². The summed E-state index contributed by atoms with van der Waals surface area (Å²) in [6.45, 7) is 2.47. The van der Waals surface area contributed by atoms with Crippen molar-refractivity contribution in [3.05, 3.63) is 97.2 Å². The molecule has 352 valence electrons. The zero-order valence-corrected chi connectivity index (χ0v) is 39.0. The van der Waals surface area contributed by atoms with E-state index in [9.17, 15) is 34.1 Å². The van der Waals surface area contributed by atoms with Gasteiger partial charge in [-0.3, -0.25) is 18.6 Å². The number of hydrogen-bond donors (Lipinski definition) is 4. The zero-order chi connectivity index (χ0) is 45.6. The van der Waals surface area contributed by atoms with Crippen molar-refractivity contribution in [2.75, 3.05) is 19.8 Å². The molecule has 11 nitrogen and oxygen atoms in total. The molecule has 0 aromatic rings. The minimum atomic E-state index is -4.78. The maximum absolute atomic E-state index is 12.3. The van der Waals surface area contributed by atoms with Crippen LogP contribution in [0.4, 0.5) is 0 Å². The normalized spacial score (nSPS) is 14.5. The van der Waals surface area contributed by atoms with Gasteiger partial charge in [-0.05, 0) is 103 Å². The molecule has 0 heterocycles. The second-order valence-corrected chi connectivity index (χ2v) is 16.7. The fraction of sp³-hybridized carbons (Fsp3) is 0.620. The number of allylic oxidation sites excluding steroid dienone is 16. The standard InChI is InChI=1S/C50H82NO10P/c1-3-5-7-9-11-13-15-17-19-21-23-25-27-29-31-33-35-37-39-41-48(53)51-47(50(55)56)45-61-62(57,58)60-44-46(52)43-59-49(54)42-40-38-36-34-32-30-28-26-24-22-20-18-16-14-12-10-8-6-4-2/h11-14,17-20,23-26,29-32,46-47,52H,3-10,15-16,21-22,27-28,33-45H2,1-2H3,(H,51,53)(H,55,56)(H,57,58)/b13-11-,14-12-,19-17-,20-18-,25-23-,26-24-,31-29-,32-30-. The highest BCUT2D eigenvalue weighted by molar-refractivity contribution is 7.47. The predicted octanol–water partition coefficient (Wildman–Crippen LogP) is 12.4. The van der Waals surface area contributed by atoms with E-state index in [-0.39, 0.29) is 12.8 Å². The first-order valence-electron chi connectivity index (χ1n) is 23.3. The Kier molecular flexibility index (Phi) is 41.5. The SMILES string of the molecule is CCCCC/C=C\C/C=C\C/C=C\C/C=C\CCCCCC(=O)NC(COP(=O)(O)OCC(O)COC(=O)CCCCC/C=C\C/C=C\C/C=C\C/C=C\CCCCC)C(=O)O. The summed E-state index contributed by atoms with van der Waals surface area (Å²) in [5, 5.41) is 21.8. The van der Waals surface area contributed by atoms with Gasteiger partial charge in [0, 0.05) is 12.8 Å². The molecule has 0 aliphatic carbocycles. The van der Waals surface area contributed by atoms with Crippen molar-refractivity contribution in [1.29, 1.82) is 0 Å². The summed E-state index contributed by atoms with van der Waals surface area (Å²) in [4.78, 5) is 46.0. The summed E-state index contributed by atoms with van der Waals surface area (Å²) in [5.41, 5.74) is 0. The van der Waals surface area contributed by atoms with Crippen LogP contribution in [0.3, 0.4) is 0 Å². The fourth-order valence-electron chi connectivity index (χ4n) is 5.69. The number of amides is 1. The van der Waals surface area contributed by atoms with Crippen LogP contribution in [-0.4, -0.2) is 64.9 Å². The van der Waals surface area contributed by atoms with Crippen LogP contribution in [0.15, 0.2) is 97.2 Å². The highest BCUT2D eigenvalue weighted by Gasteiger charge is 2.28. The number of carbonyl (C=O) groups excluding carboxylic acids is 2. The molecule has 12 heteroatoms. The largest absolute Gasteiger partial charge is 0.480 e. The number of aliphatic hydroxyl groups excluding tert-OH is 1. The third-order valence-corrected chi connectivity index (χ3v) is 10.3. The van der Waals surface area contributed by atoms with Crippen molar-refractivity contribution in [3.8, 4) is 0 Å². The Hall–Kier alpha value is -3.60. The average Bonchev–Trinajstić information content (AvgIpc) is 3.25. The van der Waals surface area contributed by atoms with Crippen LogP contribution >= 0.6 is 7.82 Å². The number of rotatable bonds is 42. The van der Waals surface area contributed by atoms with Crippen LogP contribution in [0, 0.1) is 0 Å². The fourth-order valence-corrected chi connectivity index (χ4v) is 6.46. The first-order valence-corrected chi connectivity index (χ1v) is 24.8. The van der Waals surface area contributed by atoms with E-state index < -0.39 is 57.6 Å². The van der Waals surface area contributed by atoms with E-state index in [2.05, 4.69) is 116 Å². The van der Waals surface area contributed by atoms with Gasteiger partial charge in [0.15, 0.2) is 6.04 Å². The number of phosphoric acid groups is 1. The van der Waals surface area contributed by atoms with Gasteiger partial charge in [-0.25, -0.2) is 9.36 Å². The van der Waals surface area contributed by atoms with Crippen molar-refractivity contribution < 1.29 is 47.8 Å². The van der Waals surface area contributed by atoms with Gasteiger partial charge in [0.05, 0.1) is 13.2 Å². The molecule has 0 aliphatic rings. The molecule has 0 rings (SSSR count). The number of aliphatic hydroxyl groups is 1. The van der Waals surface area contributed by atoms with Crippen LogP contribution in [0.5, 0.6) is 0 Å². The number of hydrogen-bond acceptors (Lipinski definition) is 8. The molecular weight excluding hydrogens is 806 g/mol. The maximum atomic E-state index is 12.3. The minimum absolute atomic E-state index is 0.0999. The van der Waals surface area contributed by atoms with Gasteiger partial charge in [-0.15, -0.1) is 0 Å². The van der Waals surface area contributed by atoms with E-state index in [4.69, 9.17) is 13.8 Å². The van der Waals surface area contributed by atoms with Gasteiger partial charge in [0.25, 0.3) is 0 Å². The van der Waals surface area contributed by atoms with Crippen molar-refractivity contribution in [2.45, 2.75) is 180 Å². The van der Waals surface area contributed by atoms with E-state index >= 15 is 0 Å². The lowest BCUT2D eigenvalue weighted by Crippen LogP contribution is -2.43. The molecule has 62 heavy (non-hydrogen) atoms. The monoisotopic (exact) mass is 888 g/mol. The Morgan fingerprint density at radius 1 is 0.516 bits per heavy atom. The second-order valence-electron chi connectivity index (χ2n) is 15.2. The summed E-state index contributed by atoms with van der Waals surface area (Å²) < 4.78 is 26.8. The Balaban J connectivity index is 4.01. The van der Waals surface area contributed by atoms with Gasteiger partial charge in [-0.2, -0.15) is 0 Å². The van der Waals surface area contributed by atoms with Crippen LogP contribution in [-0.2, 0) is 32.7 Å². The Morgan fingerprint density at radius 2 is 0.887 bits per heavy atom. The Bertz CT molecular complexity index is 1410. The van der Waals surface area contributed by atoms with Crippen LogP contribution in [0.2, 0.25) is 0 Å². The molecule has 1 amide bonds. The molecule has 0 fully saturated rings. The summed E-state index contributed by atoms with van der Waals surface area (Å²) in [7, 11) is -4.78. The summed E-state index contributed by atoms with van der Waals surface area (Å²) in [5.74, 6) is -2.46. The molecular formula is C50H82NO10P. The second kappa shape index (κ2) is 44.0.